The Bertz CT molecular complexity index is 770. The maximum atomic E-state index is 12.1. The summed E-state index contributed by atoms with van der Waals surface area (Å²) in [7, 11) is 0. The van der Waals surface area contributed by atoms with Gasteiger partial charge < -0.3 is 10.1 Å². The van der Waals surface area contributed by atoms with E-state index in [0.717, 1.165) is 48.4 Å². The van der Waals surface area contributed by atoms with Gasteiger partial charge in [-0.25, -0.2) is 0 Å². The summed E-state index contributed by atoms with van der Waals surface area (Å²) in [5.74, 6) is -0.0915. The van der Waals surface area contributed by atoms with Crippen LogP contribution in [-0.2, 0) is 22.6 Å². The molecule has 5 heteroatoms. The van der Waals surface area contributed by atoms with Gasteiger partial charge in [-0.2, -0.15) is 0 Å². The summed E-state index contributed by atoms with van der Waals surface area (Å²) in [5, 5.41) is 2.98. The molecule has 1 aliphatic heterocycles. The van der Waals surface area contributed by atoms with E-state index >= 15 is 0 Å². The van der Waals surface area contributed by atoms with Crippen LogP contribution in [0.4, 0.5) is 0 Å². The highest BCUT2D eigenvalue weighted by molar-refractivity contribution is 9.10. The molecule has 4 nitrogen and oxygen atoms in total. The fraction of sp³-hybridized carbons (Fsp3) is 0.286. The molecule has 136 valence electrons. The Morgan fingerprint density at radius 1 is 1.12 bits per heavy atom. The van der Waals surface area contributed by atoms with Crippen LogP contribution in [0.5, 0.6) is 0 Å². The number of nitrogens with zero attached hydrogens (tertiary/aromatic N) is 1. The Labute approximate surface area is 163 Å². The van der Waals surface area contributed by atoms with E-state index in [9.17, 15) is 4.79 Å². The molecule has 1 amide bonds. The molecule has 0 aromatic heterocycles. The molecule has 1 fully saturated rings. The lowest BCUT2D eigenvalue weighted by Gasteiger charge is -2.27. The van der Waals surface area contributed by atoms with Crippen molar-refractivity contribution in [1.29, 1.82) is 0 Å². The number of amides is 1. The van der Waals surface area contributed by atoms with E-state index in [1.807, 2.05) is 42.5 Å². The van der Waals surface area contributed by atoms with E-state index in [1.54, 1.807) is 6.08 Å². The van der Waals surface area contributed by atoms with Gasteiger partial charge >= 0.3 is 0 Å². The highest BCUT2D eigenvalue weighted by Crippen LogP contribution is 2.14. The third kappa shape index (κ3) is 5.80. The number of carbonyl (C=O) groups excluding carboxylic acids is 1. The standard InChI is InChI=1S/C21H23BrN2O2/c22-20-7-3-4-17(14-20)8-9-21(25)23-15-18-5-1-2-6-19(18)16-24-10-12-26-13-11-24/h1-9,14H,10-13,15-16H2,(H,23,25)/b9-8+. The van der Waals surface area contributed by atoms with E-state index in [-0.39, 0.29) is 5.91 Å². The first-order chi connectivity index (χ1) is 12.7. The van der Waals surface area contributed by atoms with Gasteiger partial charge in [0.25, 0.3) is 0 Å². The van der Waals surface area contributed by atoms with Gasteiger partial charge in [0.2, 0.25) is 5.91 Å². The summed E-state index contributed by atoms with van der Waals surface area (Å²) < 4.78 is 6.41. The zero-order valence-electron chi connectivity index (χ0n) is 14.7. The van der Waals surface area contributed by atoms with Crippen molar-refractivity contribution in [3.8, 4) is 0 Å². The molecular formula is C21H23BrN2O2. The van der Waals surface area contributed by atoms with Crippen LogP contribution in [0.25, 0.3) is 6.08 Å². The topological polar surface area (TPSA) is 41.6 Å². The molecule has 1 saturated heterocycles. The quantitative estimate of drug-likeness (QED) is 0.733. The van der Waals surface area contributed by atoms with E-state index in [2.05, 4.69) is 38.3 Å². The highest BCUT2D eigenvalue weighted by atomic mass is 79.9. The number of ether oxygens (including phenoxy) is 1. The minimum Gasteiger partial charge on any atom is -0.379 e. The fourth-order valence-corrected chi connectivity index (χ4v) is 3.32. The molecule has 0 spiro atoms. The van der Waals surface area contributed by atoms with Gasteiger partial charge in [0.1, 0.15) is 0 Å². The largest absolute Gasteiger partial charge is 0.379 e. The average molecular weight is 415 g/mol. The van der Waals surface area contributed by atoms with Gasteiger partial charge in [0.05, 0.1) is 13.2 Å². The number of carbonyl (C=O) groups is 1. The first-order valence-corrected chi connectivity index (χ1v) is 9.58. The van der Waals surface area contributed by atoms with Crippen LogP contribution >= 0.6 is 15.9 Å². The van der Waals surface area contributed by atoms with Crippen LogP contribution in [0.15, 0.2) is 59.1 Å². The van der Waals surface area contributed by atoms with Gasteiger partial charge in [-0.05, 0) is 34.9 Å². The van der Waals surface area contributed by atoms with Crippen LogP contribution in [0, 0.1) is 0 Å². The molecule has 1 aliphatic rings. The first-order valence-electron chi connectivity index (χ1n) is 8.79. The average Bonchev–Trinajstić information content (AvgIpc) is 2.66. The normalized spacial score (nSPS) is 15.3. The number of morpholine rings is 1. The van der Waals surface area contributed by atoms with Crippen LogP contribution in [0.1, 0.15) is 16.7 Å². The van der Waals surface area contributed by atoms with Gasteiger partial charge in [-0.15, -0.1) is 0 Å². The summed E-state index contributed by atoms with van der Waals surface area (Å²) in [6.45, 7) is 4.91. The number of hydrogen-bond donors (Lipinski definition) is 1. The molecule has 1 N–H and O–H groups in total. The summed E-state index contributed by atoms with van der Waals surface area (Å²) in [4.78, 5) is 14.5. The van der Waals surface area contributed by atoms with Gasteiger partial charge in [-0.1, -0.05) is 52.3 Å². The maximum absolute atomic E-state index is 12.1. The minimum absolute atomic E-state index is 0.0915. The third-order valence-electron chi connectivity index (χ3n) is 4.34. The molecule has 26 heavy (non-hydrogen) atoms. The van der Waals surface area contributed by atoms with Crippen LogP contribution in [0.2, 0.25) is 0 Å². The second-order valence-electron chi connectivity index (χ2n) is 6.26. The SMILES string of the molecule is O=C(/C=C/c1cccc(Br)c1)NCc1ccccc1CN1CCOCC1. The Kier molecular flexibility index (Phi) is 7.00. The Balaban J connectivity index is 1.56. The zero-order chi connectivity index (χ0) is 18.2. The molecule has 0 unspecified atom stereocenters. The van der Waals surface area contributed by atoms with Crippen molar-refractivity contribution in [2.75, 3.05) is 26.3 Å². The molecule has 2 aromatic carbocycles. The van der Waals surface area contributed by atoms with Crippen LogP contribution in [0.3, 0.4) is 0 Å². The van der Waals surface area contributed by atoms with Crippen molar-refractivity contribution >= 4 is 27.9 Å². The van der Waals surface area contributed by atoms with E-state index in [4.69, 9.17) is 4.74 Å². The van der Waals surface area contributed by atoms with Crippen molar-refractivity contribution in [2.45, 2.75) is 13.1 Å². The lowest BCUT2D eigenvalue weighted by molar-refractivity contribution is -0.116. The molecule has 0 saturated carbocycles. The maximum Gasteiger partial charge on any atom is 0.244 e. The molecule has 0 aliphatic carbocycles. The summed E-state index contributed by atoms with van der Waals surface area (Å²) >= 11 is 3.43. The van der Waals surface area contributed by atoms with Gasteiger partial charge in [-0.3, -0.25) is 9.69 Å². The van der Waals surface area contributed by atoms with Crippen molar-refractivity contribution in [3.63, 3.8) is 0 Å². The van der Waals surface area contributed by atoms with Crippen molar-refractivity contribution in [1.82, 2.24) is 10.2 Å². The highest BCUT2D eigenvalue weighted by Gasteiger charge is 2.12. The molecular weight excluding hydrogens is 392 g/mol. The number of benzene rings is 2. The third-order valence-corrected chi connectivity index (χ3v) is 4.84. The summed E-state index contributed by atoms with van der Waals surface area (Å²) in [6, 6.07) is 16.1. The molecule has 3 rings (SSSR count). The molecule has 0 radical (unpaired) electrons. The van der Waals surface area contributed by atoms with Crippen molar-refractivity contribution < 1.29 is 9.53 Å². The smallest absolute Gasteiger partial charge is 0.244 e. The van der Waals surface area contributed by atoms with Gasteiger partial charge in [0.15, 0.2) is 0 Å². The fourth-order valence-electron chi connectivity index (χ4n) is 2.91. The number of halogens is 1. The Morgan fingerprint density at radius 2 is 1.88 bits per heavy atom. The number of hydrogen-bond acceptors (Lipinski definition) is 3. The zero-order valence-corrected chi connectivity index (χ0v) is 16.2. The predicted octanol–water partition coefficient (Wildman–Crippen LogP) is 3.61. The molecule has 2 aromatic rings. The van der Waals surface area contributed by atoms with Crippen molar-refractivity contribution in [3.05, 3.63) is 75.8 Å². The van der Waals surface area contributed by atoms with Crippen molar-refractivity contribution in [2.24, 2.45) is 0 Å². The van der Waals surface area contributed by atoms with Gasteiger partial charge in [0, 0.05) is 36.7 Å². The number of nitrogens with one attached hydrogen (secondary N) is 1. The molecule has 0 atom stereocenters. The molecule has 0 bridgehead atoms. The predicted molar refractivity (Wildman–Crippen MR) is 108 cm³/mol. The second kappa shape index (κ2) is 9.67. The van der Waals surface area contributed by atoms with Crippen LogP contribution < -0.4 is 5.32 Å². The number of rotatable bonds is 6. The lowest BCUT2D eigenvalue weighted by Crippen LogP contribution is -2.36. The minimum atomic E-state index is -0.0915. The first kappa shape index (κ1) is 18.8. The van der Waals surface area contributed by atoms with E-state index in [1.165, 1.54) is 5.56 Å². The second-order valence-corrected chi connectivity index (χ2v) is 7.18. The monoisotopic (exact) mass is 414 g/mol. The Morgan fingerprint density at radius 3 is 2.65 bits per heavy atom. The van der Waals surface area contributed by atoms with E-state index in [0.29, 0.717) is 6.54 Å². The summed E-state index contributed by atoms with van der Waals surface area (Å²) in [5.41, 5.74) is 3.40. The Hall–Kier alpha value is -1.95. The van der Waals surface area contributed by atoms with Crippen LogP contribution in [-0.4, -0.2) is 37.1 Å². The molecule has 1 heterocycles. The van der Waals surface area contributed by atoms with E-state index < -0.39 is 0 Å². The summed E-state index contributed by atoms with van der Waals surface area (Å²) in [6.07, 6.45) is 3.39. The lowest BCUT2D eigenvalue weighted by atomic mass is 10.1.